The average Bonchev–Trinajstić information content (AvgIpc) is 2.81. The first-order valence-electron chi connectivity index (χ1n) is 6.34. The average molecular weight is 271 g/mol. The summed E-state index contributed by atoms with van der Waals surface area (Å²) < 4.78 is 28.3. The zero-order valence-electron chi connectivity index (χ0n) is 11.0. The van der Waals surface area contributed by atoms with Crippen LogP contribution in [0.15, 0.2) is 18.7 Å². The van der Waals surface area contributed by atoms with Crippen molar-refractivity contribution >= 4 is 10.0 Å². The summed E-state index contributed by atoms with van der Waals surface area (Å²) in [6.45, 7) is 5.21. The number of sulfonamides is 1. The zero-order chi connectivity index (χ0) is 13.2. The maximum Gasteiger partial charge on any atom is 0.211 e. The smallest absolute Gasteiger partial charge is 0.211 e. The summed E-state index contributed by atoms with van der Waals surface area (Å²) in [5, 5.41) is 0. The van der Waals surface area contributed by atoms with Crippen LogP contribution < -0.4 is 4.72 Å². The van der Waals surface area contributed by atoms with E-state index in [0.29, 0.717) is 6.54 Å². The molecule has 0 amide bonds. The molecular formula is C12H21N3O2S. The second kappa shape index (κ2) is 5.01. The molecule has 1 saturated carbocycles. The van der Waals surface area contributed by atoms with Crippen molar-refractivity contribution in [2.75, 3.05) is 12.3 Å². The van der Waals surface area contributed by atoms with E-state index >= 15 is 0 Å². The Hall–Kier alpha value is -0.880. The Morgan fingerprint density at radius 3 is 2.67 bits per heavy atom. The van der Waals surface area contributed by atoms with Gasteiger partial charge in [-0.1, -0.05) is 13.8 Å². The summed E-state index contributed by atoms with van der Waals surface area (Å²) in [6, 6.07) is 0. The molecule has 5 nitrogen and oxygen atoms in total. The topological polar surface area (TPSA) is 64.0 Å². The molecule has 0 aliphatic heterocycles. The van der Waals surface area contributed by atoms with Crippen LogP contribution in [0.3, 0.4) is 0 Å². The molecule has 0 radical (unpaired) electrons. The van der Waals surface area contributed by atoms with Gasteiger partial charge in [0.2, 0.25) is 10.0 Å². The third kappa shape index (κ3) is 3.81. The van der Waals surface area contributed by atoms with Crippen LogP contribution in [-0.2, 0) is 16.6 Å². The molecular weight excluding hydrogens is 250 g/mol. The molecule has 6 heteroatoms. The quantitative estimate of drug-likeness (QED) is 0.811. The number of aromatic nitrogens is 2. The first-order chi connectivity index (χ1) is 8.41. The Bertz CT molecular complexity index is 475. The minimum Gasteiger partial charge on any atom is -0.337 e. The fourth-order valence-corrected chi connectivity index (χ4v) is 3.62. The van der Waals surface area contributed by atoms with Gasteiger partial charge in [-0.15, -0.1) is 0 Å². The summed E-state index contributed by atoms with van der Waals surface area (Å²) >= 11 is 0. The molecule has 1 aliphatic carbocycles. The minimum absolute atomic E-state index is 0.102. The first-order valence-corrected chi connectivity index (χ1v) is 7.99. The van der Waals surface area contributed by atoms with Crippen LogP contribution in [0.2, 0.25) is 0 Å². The number of hydrogen-bond acceptors (Lipinski definition) is 3. The summed E-state index contributed by atoms with van der Waals surface area (Å²) in [4.78, 5) is 4.01. The van der Waals surface area contributed by atoms with E-state index in [1.807, 2.05) is 24.6 Å². The van der Waals surface area contributed by atoms with Gasteiger partial charge in [0, 0.05) is 30.9 Å². The molecule has 1 aromatic rings. The molecule has 1 N–H and O–H groups in total. The van der Waals surface area contributed by atoms with Crippen molar-refractivity contribution in [3.63, 3.8) is 0 Å². The maximum atomic E-state index is 11.8. The largest absolute Gasteiger partial charge is 0.337 e. The van der Waals surface area contributed by atoms with Crippen molar-refractivity contribution in [1.82, 2.24) is 14.3 Å². The van der Waals surface area contributed by atoms with Crippen LogP contribution in [0.5, 0.6) is 0 Å². The Balaban J connectivity index is 1.86. The predicted molar refractivity (Wildman–Crippen MR) is 70.5 cm³/mol. The van der Waals surface area contributed by atoms with Gasteiger partial charge in [-0.05, 0) is 18.8 Å². The lowest BCUT2D eigenvalue weighted by Crippen LogP contribution is -2.34. The van der Waals surface area contributed by atoms with Crippen LogP contribution >= 0.6 is 0 Å². The number of imidazole rings is 1. The summed E-state index contributed by atoms with van der Waals surface area (Å²) in [5.41, 5.74) is 0.102. The third-order valence-electron chi connectivity index (χ3n) is 3.25. The highest BCUT2D eigenvalue weighted by Gasteiger charge is 2.43. The number of nitrogens with zero attached hydrogens (tertiary/aromatic N) is 2. The molecule has 1 heterocycles. The molecule has 0 aromatic carbocycles. The van der Waals surface area contributed by atoms with Gasteiger partial charge in [0.05, 0.1) is 12.1 Å². The molecule has 1 aliphatic rings. The van der Waals surface area contributed by atoms with Gasteiger partial charge in [0.15, 0.2) is 0 Å². The Labute approximate surface area is 109 Å². The van der Waals surface area contributed by atoms with Gasteiger partial charge in [0.1, 0.15) is 0 Å². The Kier molecular flexibility index (Phi) is 3.77. The van der Waals surface area contributed by atoms with Gasteiger partial charge >= 0.3 is 0 Å². The van der Waals surface area contributed by atoms with Crippen LogP contribution in [0.1, 0.15) is 26.7 Å². The van der Waals surface area contributed by atoms with Gasteiger partial charge in [-0.3, -0.25) is 0 Å². The van der Waals surface area contributed by atoms with E-state index in [-0.39, 0.29) is 17.1 Å². The lowest BCUT2D eigenvalue weighted by Gasteiger charge is -2.17. The summed E-state index contributed by atoms with van der Waals surface area (Å²) in [7, 11) is -3.13. The Morgan fingerprint density at radius 1 is 1.44 bits per heavy atom. The van der Waals surface area contributed by atoms with Crippen LogP contribution in [0, 0.1) is 11.3 Å². The number of nitrogens with one attached hydrogen (secondary N) is 1. The van der Waals surface area contributed by atoms with E-state index in [1.54, 1.807) is 12.5 Å². The standard InChI is InChI=1S/C12H21N3O2S/c1-11(2)7-18(16,17)14-8-12(3-4-12)9-15-6-5-13-10-15/h5-6,10-11,14H,3-4,7-9H2,1-2H3. The van der Waals surface area contributed by atoms with E-state index in [9.17, 15) is 8.42 Å². The number of hydrogen-bond donors (Lipinski definition) is 1. The minimum atomic E-state index is -3.13. The molecule has 18 heavy (non-hydrogen) atoms. The highest BCUT2D eigenvalue weighted by molar-refractivity contribution is 7.89. The SMILES string of the molecule is CC(C)CS(=O)(=O)NCC1(Cn2ccnc2)CC1. The van der Waals surface area contributed by atoms with Crippen molar-refractivity contribution in [2.45, 2.75) is 33.2 Å². The Morgan fingerprint density at radius 2 is 2.17 bits per heavy atom. The zero-order valence-corrected chi connectivity index (χ0v) is 11.8. The lowest BCUT2D eigenvalue weighted by atomic mass is 10.1. The second-order valence-corrected chi connectivity index (χ2v) is 7.58. The molecule has 0 unspecified atom stereocenters. The molecule has 0 atom stereocenters. The molecule has 0 bridgehead atoms. The van der Waals surface area contributed by atoms with Crippen molar-refractivity contribution in [3.8, 4) is 0 Å². The fourth-order valence-electron chi connectivity index (χ4n) is 2.10. The maximum absolute atomic E-state index is 11.8. The van der Waals surface area contributed by atoms with Crippen molar-refractivity contribution in [1.29, 1.82) is 0 Å². The second-order valence-electron chi connectivity index (χ2n) is 5.73. The molecule has 1 aromatic heterocycles. The lowest BCUT2D eigenvalue weighted by molar-refractivity contribution is 0.415. The highest BCUT2D eigenvalue weighted by Crippen LogP contribution is 2.46. The van der Waals surface area contributed by atoms with Crippen LogP contribution in [0.25, 0.3) is 0 Å². The van der Waals surface area contributed by atoms with E-state index in [4.69, 9.17) is 0 Å². The molecule has 2 rings (SSSR count). The van der Waals surface area contributed by atoms with Gasteiger partial charge in [-0.25, -0.2) is 18.1 Å². The van der Waals surface area contributed by atoms with Crippen molar-refractivity contribution in [2.24, 2.45) is 11.3 Å². The summed E-state index contributed by atoms with van der Waals surface area (Å²) in [5.74, 6) is 0.361. The van der Waals surface area contributed by atoms with E-state index in [1.165, 1.54) is 0 Å². The van der Waals surface area contributed by atoms with E-state index in [0.717, 1.165) is 19.4 Å². The molecule has 0 saturated heterocycles. The highest BCUT2D eigenvalue weighted by atomic mass is 32.2. The van der Waals surface area contributed by atoms with Gasteiger partial charge in [-0.2, -0.15) is 0 Å². The molecule has 0 spiro atoms. The van der Waals surface area contributed by atoms with Crippen molar-refractivity contribution < 1.29 is 8.42 Å². The van der Waals surface area contributed by atoms with Crippen LogP contribution in [-0.4, -0.2) is 30.3 Å². The molecule has 1 fully saturated rings. The normalized spacial score (nSPS) is 18.2. The predicted octanol–water partition coefficient (Wildman–Crippen LogP) is 1.24. The van der Waals surface area contributed by atoms with E-state index in [2.05, 4.69) is 9.71 Å². The van der Waals surface area contributed by atoms with E-state index < -0.39 is 10.0 Å². The number of rotatable bonds is 7. The molecule has 102 valence electrons. The van der Waals surface area contributed by atoms with Gasteiger partial charge in [0.25, 0.3) is 0 Å². The summed E-state index contributed by atoms with van der Waals surface area (Å²) in [6.07, 6.45) is 7.61. The third-order valence-corrected chi connectivity index (χ3v) is 4.94. The van der Waals surface area contributed by atoms with Crippen LogP contribution in [0.4, 0.5) is 0 Å². The van der Waals surface area contributed by atoms with Gasteiger partial charge < -0.3 is 4.57 Å². The monoisotopic (exact) mass is 271 g/mol. The van der Waals surface area contributed by atoms with Crippen molar-refractivity contribution in [3.05, 3.63) is 18.7 Å². The first kappa shape index (κ1) is 13.5. The fraction of sp³-hybridized carbons (Fsp3) is 0.750.